The molecular formula is C13H21N3O5. The fraction of sp³-hybridized carbons (Fsp3) is 0.692. The maximum atomic E-state index is 12.4. The molecule has 0 fully saturated rings. The first-order valence-electron chi connectivity index (χ1n) is 11.1. The highest BCUT2D eigenvalue weighted by molar-refractivity contribution is 6.25. The molecule has 0 aromatic rings. The minimum absolute atomic E-state index is 0.478. The van der Waals surface area contributed by atoms with Gasteiger partial charge in [0, 0.05) is 25.3 Å². The van der Waals surface area contributed by atoms with Crippen molar-refractivity contribution in [3.05, 3.63) is 5.53 Å². The van der Waals surface area contributed by atoms with Gasteiger partial charge in [0.1, 0.15) is 12.6 Å². The Morgan fingerprint density at radius 1 is 1.48 bits per heavy atom. The normalized spacial score (nSPS) is 21.7. The predicted octanol–water partition coefficient (Wildman–Crippen LogP) is 0.109. The van der Waals surface area contributed by atoms with Crippen molar-refractivity contribution >= 4 is 23.9 Å². The van der Waals surface area contributed by atoms with Crippen LogP contribution in [0.4, 0.5) is 0 Å². The second-order valence-corrected chi connectivity index (χ2v) is 3.58. The highest BCUT2D eigenvalue weighted by Crippen LogP contribution is 2.03. The van der Waals surface area contributed by atoms with Crippen LogP contribution < -0.4 is 5.32 Å². The molecular weight excluding hydrogens is 278 g/mol. The molecule has 0 rings (SSSR count). The Kier molecular flexibility index (Phi) is 3.71. The van der Waals surface area contributed by atoms with E-state index < -0.39 is 76.4 Å². The summed E-state index contributed by atoms with van der Waals surface area (Å²) in [7, 11) is 0. The average Bonchev–Trinajstić information content (AvgIpc) is 2.58. The fourth-order valence-electron chi connectivity index (χ4n) is 1.20. The van der Waals surface area contributed by atoms with Gasteiger partial charge in [0.05, 0.1) is 8.85 Å². The van der Waals surface area contributed by atoms with Gasteiger partial charge in [0.2, 0.25) is 11.7 Å². The number of rotatable bonds is 10. The van der Waals surface area contributed by atoms with Crippen molar-refractivity contribution in [2.45, 2.75) is 45.5 Å². The van der Waals surface area contributed by atoms with Crippen LogP contribution in [-0.2, 0) is 23.9 Å². The third-order valence-corrected chi connectivity index (χ3v) is 2.01. The molecule has 1 N–H and O–H groups in total. The molecule has 0 aliphatic rings. The summed E-state index contributed by atoms with van der Waals surface area (Å²) < 4.78 is 87.8. The lowest BCUT2D eigenvalue weighted by molar-refractivity contribution is -0.152. The summed E-state index contributed by atoms with van der Waals surface area (Å²) in [5.74, 6) is -3.61. The molecule has 0 spiro atoms. The number of carbonyl (C=O) groups is 3. The van der Waals surface area contributed by atoms with Gasteiger partial charge >= 0.3 is 12.2 Å². The van der Waals surface area contributed by atoms with E-state index in [0.717, 1.165) is 0 Å². The average molecular weight is 310 g/mol. The van der Waals surface area contributed by atoms with Crippen molar-refractivity contribution in [1.29, 1.82) is 0 Å². The van der Waals surface area contributed by atoms with Crippen molar-refractivity contribution in [3.63, 3.8) is 0 Å². The van der Waals surface area contributed by atoms with Gasteiger partial charge in [-0.15, -0.1) is 0 Å². The van der Waals surface area contributed by atoms with E-state index in [4.69, 9.17) is 20.6 Å². The van der Waals surface area contributed by atoms with Crippen LogP contribution in [0.3, 0.4) is 0 Å². The van der Waals surface area contributed by atoms with Gasteiger partial charge < -0.3 is 20.3 Å². The molecule has 0 radical (unpaired) electrons. The number of esters is 1. The van der Waals surface area contributed by atoms with Crippen LogP contribution in [0.25, 0.3) is 5.53 Å². The number of nitrogens with one attached hydrogen (secondary N) is 1. The molecule has 0 aliphatic carbocycles. The SMILES string of the molecule is [2H]C([2H])([2H])C(OC(=O)[C@H](CCC(=O)C=[N+]=[N-])NC(=O)COC([2H])([2H])C([2H])([2H])[2H])C([2H])([2H])[2H]. The highest BCUT2D eigenvalue weighted by atomic mass is 16.5. The van der Waals surface area contributed by atoms with Crippen LogP contribution in [0.2, 0.25) is 0 Å². The molecule has 0 aromatic carbocycles. The number of hydrogen-bond acceptors (Lipinski definition) is 5. The van der Waals surface area contributed by atoms with E-state index >= 15 is 0 Å². The standard InChI is InChI=1S/C13H21N3O5/c1-4-20-8-12(18)16-11(13(19)21-9(2)3)6-5-10(17)7-15-14/h7,9,11H,4-6,8H2,1-3H3,(H,16,18)/t11-/m0/s1/i1D3,2D3,3D3,4D2. The topological polar surface area (TPSA) is 118 Å². The minimum atomic E-state index is -3.26. The van der Waals surface area contributed by atoms with E-state index in [1.807, 2.05) is 5.32 Å². The van der Waals surface area contributed by atoms with Gasteiger partial charge in [-0.05, 0) is 27.0 Å². The van der Waals surface area contributed by atoms with E-state index in [9.17, 15) is 14.4 Å². The number of ketones is 1. The van der Waals surface area contributed by atoms with Crippen molar-refractivity contribution in [3.8, 4) is 0 Å². The van der Waals surface area contributed by atoms with Crippen LogP contribution in [0, 0.1) is 0 Å². The third kappa shape index (κ3) is 9.48. The number of Topliss-reactive ketones (excluding diaryl/α,β-unsaturated/α-hetero) is 1. The first-order valence-corrected chi connectivity index (χ1v) is 5.56. The number of amides is 1. The highest BCUT2D eigenvalue weighted by Gasteiger charge is 2.24. The summed E-state index contributed by atoms with van der Waals surface area (Å²) in [5.41, 5.74) is 8.33. The first kappa shape index (κ1) is 7.29. The van der Waals surface area contributed by atoms with E-state index in [1.165, 1.54) is 0 Å². The van der Waals surface area contributed by atoms with Crippen LogP contribution in [0.1, 0.15) is 48.5 Å². The zero-order valence-corrected chi connectivity index (χ0v) is 10.8. The lowest BCUT2D eigenvalue weighted by Gasteiger charge is -2.18. The first-order chi connectivity index (χ1) is 14.2. The molecule has 21 heavy (non-hydrogen) atoms. The van der Waals surface area contributed by atoms with Gasteiger partial charge in [0.15, 0.2) is 0 Å². The molecule has 118 valence electrons. The van der Waals surface area contributed by atoms with E-state index in [0.29, 0.717) is 6.21 Å². The zero-order chi connectivity index (χ0) is 25.5. The van der Waals surface area contributed by atoms with Crippen LogP contribution in [0.15, 0.2) is 0 Å². The largest absolute Gasteiger partial charge is 0.461 e. The summed E-state index contributed by atoms with van der Waals surface area (Å²) in [6.07, 6.45) is -3.17. The van der Waals surface area contributed by atoms with Crippen molar-refractivity contribution in [2.24, 2.45) is 0 Å². The van der Waals surface area contributed by atoms with Gasteiger partial charge in [-0.2, -0.15) is 4.79 Å². The lowest BCUT2D eigenvalue weighted by atomic mass is 10.1. The third-order valence-electron chi connectivity index (χ3n) is 2.01. The molecule has 8 nitrogen and oxygen atoms in total. The number of hydrogen-bond donors (Lipinski definition) is 1. The zero-order valence-electron chi connectivity index (χ0n) is 21.8. The summed E-state index contributed by atoms with van der Waals surface area (Å²) >= 11 is 0. The fourth-order valence-corrected chi connectivity index (χ4v) is 1.20. The Bertz CT molecular complexity index is 727. The van der Waals surface area contributed by atoms with E-state index in [2.05, 4.69) is 14.3 Å². The van der Waals surface area contributed by atoms with Crippen molar-refractivity contribution in [2.75, 3.05) is 13.2 Å². The number of nitrogens with zero attached hydrogens (tertiary/aromatic N) is 2. The second kappa shape index (κ2) is 10.7. The van der Waals surface area contributed by atoms with Crippen LogP contribution in [0.5, 0.6) is 0 Å². The number of ether oxygens (including phenoxy) is 2. The van der Waals surface area contributed by atoms with E-state index in [1.54, 1.807) is 0 Å². The Hall–Kier alpha value is -2.05. The molecule has 0 saturated heterocycles. The maximum Gasteiger partial charge on any atom is 0.328 e. The van der Waals surface area contributed by atoms with Crippen molar-refractivity contribution in [1.82, 2.24) is 5.32 Å². The van der Waals surface area contributed by atoms with Gasteiger partial charge in [-0.3, -0.25) is 9.59 Å². The molecule has 0 unspecified atom stereocenters. The molecule has 1 atom stereocenters. The van der Waals surface area contributed by atoms with Gasteiger partial charge in [-0.25, -0.2) is 4.79 Å². The summed E-state index contributed by atoms with van der Waals surface area (Å²) in [5, 5.41) is 1.93. The molecule has 0 aromatic heterocycles. The molecule has 0 heterocycles. The van der Waals surface area contributed by atoms with Gasteiger partial charge in [-0.1, -0.05) is 0 Å². The van der Waals surface area contributed by atoms with Crippen LogP contribution in [-0.4, -0.2) is 54.0 Å². The minimum Gasteiger partial charge on any atom is -0.461 e. The van der Waals surface area contributed by atoms with Gasteiger partial charge in [0.25, 0.3) is 0 Å². The predicted molar refractivity (Wildman–Crippen MR) is 73.6 cm³/mol. The number of carbonyl (C=O) groups excluding carboxylic acids is 3. The van der Waals surface area contributed by atoms with Crippen molar-refractivity contribution < 1.29 is 43.7 Å². The molecule has 0 bridgehead atoms. The molecule has 0 saturated carbocycles. The Balaban J connectivity index is 5.50. The van der Waals surface area contributed by atoms with Crippen LogP contribution >= 0.6 is 0 Å². The molecule has 8 heteroatoms. The summed E-state index contributed by atoms with van der Waals surface area (Å²) in [6, 6.07) is -1.80. The second-order valence-electron chi connectivity index (χ2n) is 3.58. The lowest BCUT2D eigenvalue weighted by Crippen LogP contribution is -2.44. The summed E-state index contributed by atoms with van der Waals surface area (Å²) in [6.45, 7) is -14.2. The Labute approximate surface area is 138 Å². The smallest absolute Gasteiger partial charge is 0.328 e. The van der Waals surface area contributed by atoms with E-state index in [-0.39, 0.29) is 0 Å². The Morgan fingerprint density at radius 2 is 2.24 bits per heavy atom. The Morgan fingerprint density at radius 3 is 2.86 bits per heavy atom. The molecule has 1 amide bonds. The maximum absolute atomic E-state index is 12.4. The quantitative estimate of drug-likeness (QED) is 0.266. The monoisotopic (exact) mass is 310 g/mol. The summed E-state index contributed by atoms with van der Waals surface area (Å²) in [4.78, 5) is 38.3. The molecule has 0 aliphatic heterocycles.